The molecule has 0 saturated heterocycles. The number of thiazole rings is 1. The Morgan fingerprint density at radius 3 is 2.81 bits per heavy atom. The van der Waals surface area contributed by atoms with E-state index in [0.29, 0.717) is 22.5 Å². The maximum absolute atomic E-state index is 12.5. The maximum Gasteiger partial charge on any atom is 0.235 e. The molecule has 0 radical (unpaired) electrons. The molecule has 7 heteroatoms. The van der Waals surface area contributed by atoms with Gasteiger partial charge in [-0.15, -0.1) is 11.3 Å². The zero-order chi connectivity index (χ0) is 15.6. The van der Waals surface area contributed by atoms with Gasteiger partial charge in [0.1, 0.15) is 5.25 Å². The normalized spacial score (nSPS) is 14.3. The molecule has 0 saturated carbocycles. The second kappa shape index (κ2) is 6.53. The highest BCUT2D eigenvalue weighted by Gasteiger charge is 2.24. The Hall–Kier alpha value is -1.47. The van der Waals surface area contributed by atoms with E-state index in [-0.39, 0.29) is 5.91 Å². The number of nitrogens with one attached hydrogen (secondary N) is 1. The number of aromatic nitrogens is 1. The number of nitrogen functional groups attached to an aromatic ring is 1. The van der Waals surface area contributed by atoms with Crippen molar-refractivity contribution in [2.24, 2.45) is 5.92 Å². The van der Waals surface area contributed by atoms with Crippen LogP contribution in [0.25, 0.3) is 10.2 Å². The summed E-state index contributed by atoms with van der Waals surface area (Å²) in [6.45, 7) is 6.27. The van der Waals surface area contributed by atoms with Crippen molar-refractivity contribution >= 4 is 43.9 Å². The highest BCUT2D eigenvalue weighted by molar-refractivity contribution is 7.88. The quantitative estimate of drug-likeness (QED) is 0.825. The summed E-state index contributed by atoms with van der Waals surface area (Å²) in [7, 11) is -1.46. The van der Waals surface area contributed by atoms with Crippen molar-refractivity contribution in [1.29, 1.82) is 0 Å². The molecule has 0 aliphatic heterocycles. The van der Waals surface area contributed by atoms with Gasteiger partial charge in [-0.1, -0.05) is 13.8 Å². The lowest BCUT2D eigenvalue weighted by molar-refractivity contribution is -0.120. The van der Waals surface area contributed by atoms with Crippen LogP contribution >= 0.6 is 11.3 Å². The number of hydrogen-bond donors (Lipinski definition) is 2. The highest BCUT2D eigenvalue weighted by atomic mass is 32.2. The van der Waals surface area contributed by atoms with E-state index in [4.69, 9.17) is 5.73 Å². The van der Waals surface area contributed by atoms with E-state index >= 15 is 0 Å². The van der Waals surface area contributed by atoms with Gasteiger partial charge in [0, 0.05) is 12.2 Å². The molecule has 0 bridgehead atoms. The Morgan fingerprint density at radius 1 is 1.43 bits per heavy atom. The van der Waals surface area contributed by atoms with Crippen LogP contribution in [0.4, 0.5) is 5.69 Å². The minimum absolute atomic E-state index is 0.208. The summed E-state index contributed by atoms with van der Waals surface area (Å²) >= 11 is 1.32. The fourth-order valence-electron chi connectivity index (χ4n) is 1.70. The number of anilines is 1. The maximum atomic E-state index is 12.5. The standard InChI is InChI=1S/C14H19N3O2S2/c1-8(2)7-16-13(18)9(3)21(19)14-17-11-5-4-10(15)6-12(11)20-14/h4-6,8-9H,7,15H2,1-3H3,(H,16,18). The van der Waals surface area contributed by atoms with Crippen molar-refractivity contribution in [2.45, 2.75) is 30.4 Å². The van der Waals surface area contributed by atoms with Gasteiger partial charge in [0.15, 0.2) is 4.34 Å². The lowest BCUT2D eigenvalue weighted by Crippen LogP contribution is -2.37. The molecule has 2 unspecified atom stereocenters. The number of carbonyl (C=O) groups excluding carboxylic acids is 1. The first-order valence-corrected chi connectivity index (χ1v) is 8.75. The SMILES string of the molecule is CC(C)CNC(=O)C(C)S(=O)c1nc2ccc(N)cc2s1. The monoisotopic (exact) mass is 325 g/mol. The summed E-state index contributed by atoms with van der Waals surface area (Å²) in [4.78, 5) is 16.3. The van der Waals surface area contributed by atoms with E-state index in [2.05, 4.69) is 10.3 Å². The van der Waals surface area contributed by atoms with Gasteiger partial charge in [0.2, 0.25) is 5.91 Å². The lowest BCUT2D eigenvalue weighted by atomic mass is 10.2. The minimum Gasteiger partial charge on any atom is -0.399 e. The van der Waals surface area contributed by atoms with Crippen molar-refractivity contribution in [3.05, 3.63) is 18.2 Å². The second-order valence-corrected chi connectivity index (χ2v) is 8.26. The van der Waals surface area contributed by atoms with Crippen LogP contribution in [0.5, 0.6) is 0 Å². The van der Waals surface area contributed by atoms with E-state index in [1.807, 2.05) is 13.8 Å². The van der Waals surface area contributed by atoms with Crippen LogP contribution in [0.3, 0.4) is 0 Å². The molecule has 114 valence electrons. The Kier molecular flexibility index (Phi) is 4.95. The average molecular weight is 325 g/mol. The van der Waals surface area contributed by atoms with Crippen LogP contribution in [-0.4, -0.2) is 26.9 Å². The summed E-state index contributed by atoms with van der Waals surface area (Å²) in [5.41, 5.74) is 7.13. The number of benzene rings is 1. The molecular weight excluding hydrogens is 306 g/mol. The number of amides is 1. The van der Waals surface area contributed by atoms with E-state index in [1.54, 1.807) is 25.1 Å². The Labute approximate surface area is 130 Å². The molecule has 5 nitrogen and oxygen atoms in total. The van der Waals surface area contributed by atoms with E-state index in [9.17, 15) is 9.00 Å². The third-order valence-electron chi connectivity index (χ3n) is 2.94. The van der Waals surface area contributed by atoms with Gasteiger partial charge in [0.05, 0.1) is 21.0 Å². The van der Waals surface area contributed by atoms with Crippen molar-refractivity contribution in [3.63, 3.8) is 0 Å². The van der Waals surface area contributed by atoms with Crippen LogP contribution in [0.15, 0.2) is 22.5 Å². The van der Waals surface area contributed by atoms with Crippen LogP contribution in [0.2, 0.25) is 0 Å². The number of hydrogen-bond acceptors (Lipinski definition) is 5. The number of fused-ring (bicyclic) bond motifs is 1. The van der Waals surface area contributed by atoms with Gasteiger partial charge in [-0.25, -0.2) is 4.98 Å². The first kappa shape index (κ1) is 15.9. The van der Waals surface area contributed by atoms with E-state index in [0.717, 1.165) is 10.2 Å². The molecule has 3 N–H and O–H groups in total. The summed E-state index contributed by atoms with van der Waals surface area (Å²) in [5, 5.41) is 2.18. The molecule has 1 heterocycles. The summed E-state index contributed by atoms with van der Waals surface area (Å²) in [5.74, 6) is 0.154. The molecule has 0 aliphatic rings. The van der Waals surface area contributed by atoms with Crippen LogP contribution in [0.1, 0.15) is 20.8 Å². The third kappa shape index (κ3) is 3.79. The van der Waals surface area contributed by atoms with Gasteiger partial charge in [-0.05, 0) is 31.0 Å². The first-order chi connectivity index (χ1) is 9.88. The smallest absolute Gasteiger partial charge is 0.235 e. The van der Waals surface area contributed by atoms with E-state index < -0.39 is 16.0 Å². The van der Waals surface area contributed by atoms with E-state index in [1.165, 1.54) is 11.3 Å². The molecule has 2 rings (SSSR count). The Balaban J connectivity index is 2.15. The van der Waals surface area contributed by atoms with Crippen LogP contribution in [0, 0.1) is 5.92 Å². The van der Waals surface area contributed by atoms with Crippen LogP contribution in [-0.2, 0) is 15.6 Å². The molecule has 1 aromatic carbocycles. The molecule has 21 heavy (non-hydrogen) atoms. The lowest BCUT2D eigenvalue weighted by Gasteiger charge is -2.11. The predicted molar refractivity (Wildman–Crippen MR) is 87.8 cm³/mol. The summed E-state index contributed by atoms with van der Waals surface area (Å²) in [6.07, 6.45) is 0. The van der Waals surface area contributed by atoms with Crippen molar-refractivity contribution < 1.29 is 9.00 Å². The van der Waals surface area contributed by atoms with Gasteiger partial charge in [-0.3, -0.25) is 9.00 Å². The molecular formula is C14H19N3O2S2. The molecule has 2 atom stereocenters. The number of carbonyl (C=O) groups is 1. The topological polar surface area (TPSA) is 85.1 Å². The molecule has 0 aliphatic carbocycles. The second-order valence-electron chi connectivity index (χ2n) is 5.29. The van der Waals surface area contributed by atoms with Crippen molar-refractivity contribution in [2.75, 3.05) is 12.3 Å². The Morgan fingerprint density at radius 2 is 2.14 bits per heavy atom. The summed E-state index contributed by atoms with van der Waals surface area (Å²) in [6, 6.07) is 5.36. The average Bonchev–Trinajstić information content (AvgIpc) is 2.85. The largest absolute Gasteiger partial charge is 0.399 e. The summed E-state index contributed by atoms with van der Waals surface area (Å²) < 4.78 is 13.8. The Bertz CT molecular complexity index is 682. The molecule has 0 fully saturated rings. The fraction of sp³-hybridized carbons (Fsp3) is 0.429. The fourth-order valence-corrected chi connectivity index (χ4v) is 4.25. The van der Waals surface area contributed by atoms with Gasteiger partial charge in [-0.2, -0.15) is 0 Å². The van der Waals surface area contributed by atoms with Crippen LogP contribution < -0.4 is 11.1 Å². The molecule has 1 amide bonds. The van der Waals surface area contributed by atoms with Crippen molar-refractivity contribution in [1.82, 2.24) is 10.3 Å². The van der Waals surface area contributed by atoms with Gasteiger partial charge >= 0.3 is 0 Å². The molecule has 0 spiro atoms. The number of nitrogens with zero attached hydrogens (tertiary/aromatic N) is 1. The molecule has 2 aromatic rings. The van der Waals surface area contributed by atoms with Gasteiger partial charge < -0.3 is 11.1 Å². The number of nitrogens with two attached hydrogens (primary N) is 1. The number of rotatable bonds is 5. The first-order valence-electron chi connectivity index (χ1n) is 6.73. The van der Waals surface area contributed by atoms with Gasteiger partial charge in [0.25, 0.3) is 0 Å². The zero-order valence-corrected chi connectivity index (χ0v) is 13.9. The predicted octanol–water partition coefficient (Wildman–Crippen LogP) is 2.15. The minimum atomic E-state index is -1.46. The molecule has 1 aromatic heterocycles. The van der Waals surface area contributed by atoms with Crippen molar-refractivity contribution in [3.8, 4) is 0 Å². The third-order valence-corrected chi connectivity index (χ3v) is 5.79. The highest BCUT2D eigenvalue weighted by Crippen LogP contribution is 2.27. The zero-order valence-electron chi connectivity index (χ0n) is 12.3.